The minimum Gasteiger partial charge on any atom is -0.497 e. The van der Waals surface area contributed by atoms with Gasteiger partial charge in [-0.25, -0.2) is 9.97 Å². The average Bonchev–Trinajstić information content (AvgIpc) is 2.71. The minimum absolute atomic E-state index is 0.311. The first-order valence-corrected chi connectivity index (χ1v) is 8.76. The van der Waals surface area contributed by atoms with Gasteiger partial charge >= 0.3 is 0 Å². The number of carbonyl (C=O) groups excluding carboxylic acids is 1. The summed E-state index contributed by atoms with van der Waals surface area (Å²) in [6.07, 6.45) is 2.89. The number of rotatable bonds is 6. The molecule has 3 aromatic rings. The lowest BCUT2D eigenvalue weighted by molar-refractivity contribution is 0.102. The predicted octanol–water partition coefficient (Wildman–Crippen LogP) is 4.45. The largest absolute Gasteiger partial charge is 0.497 e. The van der Waals surface area contributed by atoms with Crippen LogP contribution in [-0.4, -0.2) is 30.1 Å². The molecule has 28 heavy (non-hydrogen) atoms. The molecule has 0 unspecified atom stereocenters. The van der Waals surface area contributed by atoms with Crippen LogP contribution in [0.15, 0.2) is 48.8 Å². The quantitative estimate of drug-likeness (QED) is 0.638. The average molecular weight is 399 g/mol. The molecule has 1 amide bonds. The highest BCUT2D eigenvalue weighted by Crippen LogP contribution is 2.31. The lowest BCUT2D eigenvalue weighted by Crippen LogP contribution is -2.14. The Labute approximate surface area is 167 Å². The molecule has 3 rings (SSSR count). The summed E-state index contributed by atoms with van der Waals surface area (Å²) < 4.78 is 10.5. The van der Waals surface area contributed by atoms with Gasteiger partial charge in [0, 0.05) is 35.2 Å². The van der Waals surface area contributed by atoms with Crippen molar-refractivity contribution < 1.29 is 14.3 Å². The Hall–Kier alpha value is -3.32. The van der Waals surface area contributed by atoms with Crippen LogP contribution in [0.3, 0.4) is 0 Å². The van der Waals surface area contributed by atoms with E-state index in [1.165, 1.54) is 19.5 Å². The van der Waals surface area contributed by atoms with Gasteiger partial charge in [0.25, 0.3) is 5.91 Å². The fraction of sp³-hybridized carbons (Fsp3) is 0.150. The summed E-state index contributed by atoms with van der Waals surface area (Å²) in [7, 11) is 3.11. The first kappa shape index (κ1) is 19.4. The van der Waals surface area contributed by atoms with Crippen LogP contribution in [0, 0.1) is 6.92 Å². The molecule has 0 atom stereocenters. The van der Waals surface area contributed by atoms with E-state index < -0.39 is 0 Å². The molecule has 0 saturated carbocycles. The topological polar surface area (TPSA) is 85.4 Å². The maximum atomic E-state index is 12.5. The summed E-state index contributed by atoms with van der Waals surface area (Å²) in [5.41, 5.74) is 2.43. The van der Waals surface area contributed by atoms with Crippen molar-refractivity contribution in [2.45, 2.75) is 6.92 Å². The molecule has 1 aromatic heterocycles. The molecule has 2 N–H and O–H groups in total. The van der Waals surface area contributed by atoms with E-state index in [1.54, 1.807) is 19.2 Å². The second-order valence-corrected chi connectivity index (χ2v) is 6.32. The van der Waals surface area contributed by atoms with Gasteiger partial charge in [-0.2, -0.15) is 0 Å². The van der Waals surface area contributed by atoms with Crippen molar-refractivity contribution in [2.24, 2.45) is 0 Å². The van der Waals surface area contributed by atoms with Crippen LogP contribution >= 0.6 is 11.6 Å². The number of halogens is 1. The lowest BCUT2D eigenvalue weighted by Gasteiger charge is -2.12. The number of methoxy groups -OCH3 is 2. The monoisotopic (exact) mass is 398 g/mol. The number of nitrogens with zero attached hydrogens (tertiary/aromatic N) is 2. The van der Waals surface area contributed by atoms with Crippen molar-refractivity contribution in [1.29, 1.82) is 0 Å². The number of anilines is 3. The summed E-state index contributed by atoms with van der Waals surface area (Å²) in [4.78, 5) is 20.9. The Kier molecular flexibility index (Phi) is 5.96. The number of aromatic nitrogens is 2. The molecule has 0 fully saturated rings. The van der Waals surface area contributed by atoms with Crippen LogP contribution in [0.25, 0.3) is 0 Å². The van der Waals surface area contributed by atoms with Gasteiger partial charge in [-0.05, 0) is 30.7 Å². The third-order valence-electron chi connectivity index (χ3n) is 3.97. The van der Waals surface area contributed by atoms with Gasteiger partial charge in [0.2, 0.25) is 5.95 Å². The molecular formula is C20H19ClN4O3. The molecule has 0 saturated heterocycles. The number of carbonyl (C=O) groups is 1. The van der Waals surface area contributed by atoms with E-state index in [9.17, 15) is 4.79 Å². The normalized spacial score (nSPS) is 10.3. The van der Waals surface area contributed by atoms with E-state index in [2.05, 4.69) is 20.6 Å². The highest BCUT2D eigenvalue weighted by Gasteiger charge is 2.13. The third-order valence-corrected chi connectivity index (χ3v) is 4.38. The molecule has 0 bridgehead atoms. The molecule has 0 aliphatic rings. The van der Waals surface area contributed by atoms with Gasteiger partial charge in [0.15, 0.2) is 0 Å². The van der Waals surface area contributed by atoms with Crippen molar-refractivity contribution in [3.05, 3.63) is 64.9 Å². The molecule has 0 radical (unpaired) electrons. The van der Waals surface area contributed by atoms with Gasteiger partial charge in [0.05, 0.1) is 25.5 Å². The zero-order chi connectivity index (χ0) is 20.1. The fourth-order valence-corrected chi connectivity index (χ4v) is 2.62. The summed E-state index contributed by atoms with van der Waals surface area (Å²) in [6, 6.07) is 10.8. The van der Waals surface area contributed by atoms with E-state index in [1.807, 2.05) is 31.2 Å². The smallest absolute Gasteiger partial charge is 0.258 e. The number of hydrogen-bond donors (Lipinski definition) is 2. The third kappa shape index (κ3) is 4.50. The standard InChI is InChI=1S/C20H19ClN4O3/c1-12-7-17(18(28-3)9-16(12)21)25-19(26)13-10-22-20(23-11-13)24-14-5-4-6-15(8-14)27-2/h4-11H,1-3H3,(H,25,26)(H,22,23,24). The van der Waals surface area contributed by atoms with Gasteiger partial charge in [-0.15, -0.1) is 0 Å². The number of nitrogens with one attached hydrogen (secondary N) is 2. The maximum Gasteiger partial charge on any atom is 0.258 e. The first-order chi connectivity index (χ1) is 13.5. The molecular weight excluding hydrogens is 380 g/mol. The van der Waals surface area contributed by atoms with Crippen LogP contribution in [-0.2, 0) is 0 Å². The van der Waals surface area contributed by atoms with Gasteiger partial charge in [-0.1, -0.05) is 17.7 Å². The number of aryl methyl sites for hydroxylation is 1. The number of amides is 1. The van der Waals surface area contributed by atoms with E-state index in [0.29, 0.717) is 33.7 Å². The molecule has 144 valence electrons. The number of hydrogen-bond acceptors (Lipinski definition) is 6. The second-order valence-electron chi connectivity index (χ2n) is 5.91. The van der Waals surface area contributed by atoms with Gasteiger partial charge in [0.1, 0.15) is 11.5 Å². The molecule has 0 aliphatic carbocycles. The predicted molar refractivity (Wildman–Crippen MR) is 109 cm³/mol. The molecule has 2 aromatic carbocycles. The van der Waals surface area contributed by atoms with Crippen molar-refractivity contribution >= 4 is 34.8 Å². The summed E-state index contributed by atoms with van der Waals surface area (Å²) in [6.45, 7) is 1.85. The van der Waals surface area contributed by atoms with E-state index in [0.717, 1.165) is 11.3 Å². The Balaban J connectivity index is 1.73. The van der Waals surface area contributed by atoms with Crippen LogP contribution in [0.1, 0.15) is 15.9 Å². The Morgan fingerprint density at radius 1 is 1.07 bits per heavy atom. The van der Waals surface area contributed by atoms with Crippen LogP contribution in [0.4, 0.5) is 17.3 Å². The fourth-order valence-electron chi connectivity index (χ4n) is 2.46. The summed E-state index contributed by atoms with van der Waals surface area (Å²) in [5.74, 6) is 1.20. The highest BCUT2D eigenvalue weighted by molar-refractivity contribution is 6.31. The SMILES string of the molecule is COc1cccc(Nc2ncc(C(=O)Nc3cc(C)c(Cl)cc3OC)cn2)c1. The molecule has 7 nitrogen and oxygen atoms in total. The van der Waals surface area contributed by atoms with E-state index >= 15 is 0 Å². The number of benzene rings is 2. The van der Waals surface area contributed by atoms with Crippen LogP contribution in [0.2, 0.25) is 5.02 Å². The van der Waals surface area contributed by atoms with Crippen molar-refractivity contribution in [3.8, 4) is 11.5 Å². The molecule has 0 spiro atoms. The van der Waals surface area contributed by atoms with E-state index in [-0.39, 0.29) is 5.91 Å². The Morgan fingerprint density at radius 3 is 2.50 bits per heavy atom. The zero-order valence-electron chi connectivity index (χ0n) is 15.6. The van der Waals surface area contributed by atoms with Crippen molar-refractivity contribution in [3.63, 3.8) is 0 Å². The van der Waals surface area contributed by atoms with Crippen molar-refractivity contribution in [1.82, 2.24) is 9.97 Å². The zero-order valence-corrected chi connectivity index (χ0v) is 16.4. The molecule has 8 heteroatoms. The first-order valence-electron chi connectivity index (χ1n) is 8.38. The van der Waals surface area contributed by atoms with Crippen LogP contribution in [0.5, 0.6) is 11.5 Å². The lowest BCUT2D eigenvalue weighted by atomic mass is 10.2. The molecule has 0 aliphatic heterocycles. The Morgan fingerprint density at radius 2 is 1.82 bits per heavy atom. The van der Waals surface area contributed by atoms with Gasteiger partial charge < -0.3 is 20.1 Å². The molecule has 1 heterocycles. The Bertz CT molecular complexity index is 993. The van der Waals surface area contributed by atoms with Gasteiger partial charge in [-0.3, -0.25) is 4.79 Å². The number of ether oxygens (including phenoxy) is 2. The minimum atomic E-state index is -0.354. The highest BCUT2D eigenvalue weighted by atomic mass is 35.5. The van der Waals surface area contributed by atoms with E-state index in [4.69, 9.17) is 21.1 Å². The van der Waals surface area contributed by atoms with Crippen molar-refractivity contribution in [2.75, 3.05) is 24.9 Å². The second kappa shape index (κ2) is 8.58. The summed E-state index contributed by atoms with van der Waals surface area (Å²) in [5, 5.41) is 6.41. The maximum absolute atomic E-state index is 12.5. The summed E-state index contributed by atoms with van der Waals surface area (Å²) >= 11 is 6.09. The van der Waals surface area contributed by atoms with Crippen LogP contribution < -0.4 is 20.1 Å².